The molecular formula is C9H21N. The lowest BCUT2D eigenvalue weighted by molar-refractivity contribution is 0.427. The molecule has 0 rings (SSSR count). The smallest absolute Gasteiger partial charge is 0.00746 e. The second-order valence-corrected chi connectivity index (χ2v) is 2.99. The Morgan fingerprint density at radius 2 is 1.90 bits per heavy atom. The Kier molecular flexibility index (Phi) is 7.04. The number of rotatable bonds is 6. The summed E-state index contributed by atoms with van der Waals surface area (Å²) in [5, 5.41) is 0. The van der Waals surface area contributed by atoms with Crippen molar-refractivity contribution in [3.05, 3.63) is 0 Å². The first-order valence-corrected chi connectivity index (χ1v) is 4.55. The van der Waals surface area contributed by atoms with E-state index in [1.807, 2.05) is 0 Å². The molecule has 0 aromatic carbocycles. The van der Waals surface area contributed by atoms with E-state index in [1.165, 1.54) is 32.1 Å². The largest absolute Gasteiger partial charge is 0.330 e. The minimum Gasteiger partial charge on any atom is -0.330 e. The number of nitrogens with two attached hydrogens (primary N) is 1. The molecule has 1 nitrogen and oxygen atoms in total. The maximum atomic E-state index is 5.48. The summed E-state index contributed by atoms with van der Waals surface area (Å²) in [5.41, 5.74) is 5.48. The Morgan fingerprint density at radius 3 is 2.30 bits per heavy atom. The molecule has 0 radical (unpaired) electrons. The van der Waals surface area contributed by atoms with Crippen molar-refractivity contribution in [3.8, 4) is 0 Å². The first-order chi connectivity index (χ1) is 4.85. The minimum atomic E-state index is 0.863. The zero-order chi connectivity index (χ0) is 7.82. The minimum absolute atomic E-state index is 0.863. The van der Waals surface area contributed by atoms with Crippen LogP contribution >= 0.6 is 0 Å². The Hall–Kier alpha value is -0.0400. The monoisotopic (exact) mass is 143 g/mol. The second-order valence-electron chi connectivity index (χ2n) is 2.99. The molecule has 0 unspecified atom stereocenters. The molecule has 0 saturated carbocycles. The summed E-state index contributed by atoms with van der Waals surface area (Å²) in [6.45, 7) is 5.37. The summed E-state index contributed by atoms with van der Waals surface area (Å²) in [7, 11) is 0. The predicted octanol–water partition coefficient (Wildman–Crippen LogP) is 2.55. The van der Waals surface area contributed by atoms with Gasteiger partial charge in [-0.05, 0) is 18.9 Å². The molecule has 1 heteroatoms. The third-order valence-electron chi connectivity index (χ3n) is 2.12. The van der Waals surface area contributed by atoms with Crippen LogP contribution < -0.4 is 5.73 Å². The van der Waals surface area contributed by atoms with E-state index in [0.717, 1.165) is 12.5 Å². The topological polar surface area (TPSA) is 26.0 Å². The summed E-state index contributed by atoms with van der Waals surface area (Å²) >= 11 is 0. The Balaban J connectivity index is 3.21. The molecule has 1 atom stereocenters. The Labute approximate surface area is 65.0 Å². The predicted molar refractivity (Wildman–Crippen MR) is 47.0 cm³/mol. The van der Waals surface area contributed by atoms with Crippen molar-refractivity contribution in [2.45, 2.75) is 46.0 Å². The van der Waals surface area contributed by atoms with Crippen LogP contribution in [0.4, 0.5) is 0 Å². The lowest BCUT2D eigenvalue weighted by Gasteiger charge is -2.11. The van der Waals surface area contributed by atoms with Gasteiger partial charge >= 0.3 is 0 Å². The molecule has 0 aliphatic heterocycles. The molecule has 0 amide bonds. The van der Waals surface area contributed by atoms with Crippen LogP contribution in [0.15, 0.2) is 0 Å². The third kappa shape index (κ3) is 4.80. The molecule has 0 aromatic heterocycles. The quantitative estimate of drug-likeness (QED) is 0.607. The zero-order valence-electron chi connectivity index (χ0n) is 7.40. The highest BCUT2D eigenvalue weighted by Gasteiger charge is 2.02. The normalized spacial score (nSPS) is 13.5. The fraction of sp³-hybridized carbons (Fsp3) is 1.00. The van der Waals surface area contributed by atoms with Crippen molar-refractivity contribution < 1.29 is 0 Å². The maximum Gasteiger partial charge on any atom is -0.00746 e. The van der Waals surface area contributed by atoms with Gasteiger partial charge in [-0.25, -0.2) is 0 Å². The lowest BCUT2D eigenvalue weighted by atomic mass is 9.96. The standard InChI is InChI=1S/C9H21N/c1-3-5-6-9(4-2)7-8-10/h9H,3-8,10H2,1-2H3/t9-/m1/s1. The molecule has 2 N–H and O–H groups in total. The molecule has 0 saturated heterocycles. The van der Waals surface area contributed by atoms with E-state index in [0.29, 0.717) is 0 Å². The molecular weight excluding hydrogens is 122 g/mol. The highest BCUT2D eigenvalue weighted by Crippen LogP contribution is 2.14. The second kappa shape index (κ2) is 7.07. The van der Waals surface area contributed by atoms with Crippen molar-refractivity contribution in [1.29, 1.82) is 0 Å². The van der Waals surface area contributed by atoms with Crippen LogP contribution in [0.5, 0.6) is 0 Å². The third-order valence-corrected chi connectivity index (χ3v) is 2.12. The first kappa shape index (κ1) is 9.96. The molecule has 0 aliphatic rings. The van der Waals surface area contributed by atoms with Gasteiger partial charge in [-0.3, -0.25) is 0 Å². The fourth-order valence-electron chi connectivity index (χ4n) is 1.28. The van der Waals surface area contributed by atoms with Gasteiger partial charge in [0.15, 0.2) is 0 Å². The molecule has 0 fully saturated rings. The molecule has 62 valence electrons. The summed E-state index contributed by atoms with van der Waals surface area (Å²) in [4.78, 5) is 0. The lowest BCUT2D eigenvalue weighted by Crippen LogP contribution is -2.07. The van der Waals surface area contributed by atoms with Crippen molar-refractivity contribution >= 4 is 0 Å². The average Bonchev–Trinajstić information content (AvgIpc) is 1.98. The number of hydrogen-bond donors (Lipinski definition) is 1. The molecule has 0 spiro atoms. The van der Waals surface area contributed by atoms with E-state index in [9.17, 15) is 0 Å². The molecule has 0 aliphatic carbocycles. The molecule has 0 bridgehead atoms. The molecule has 0 aromatic rings. The number of unbranched alkanes of at least 4 members (excludes halogenated alkanes) is 1. The molecule has 0 heterocycles. The summed E-state index contributed by atoms with van der Waals surface area (Å²) < 4.78 is 0. The van der Waals surface area contributed by atoms with E-state index in [2.05, 4.69) is 13.8 Å². The van der Waals surface area contributed by atoms with Gasteiger partial charge in [0.05, 0.1) is 0 Å². The van der Waals surface area contributed by atoms with E-state index in [-0.39, 0.29) is 0 Å². The van der Waals surface area contributed by atoms with Gasteiger partial charge in [0.25, 0.3) is 0 Å². The van der Waals surface area contributed by atoms with Gasteiger partial charge in [-0.2, -0.15) is 0 Å². The maximum absolute atomic E-state index is 5.48. The van der Waals surface area contributed by atoms with E-state index in [4.69, 9.17) is 5.73 Å². The summed E-state index contributed by atoms with van der Waals surface area (Å²) in [6, 6.07) is 0. The van der Waals surface area contributed by atoms with Crippen molar-refractivity contribution in [2.75, 3.05) is 6.54 Å². The van der Waals surface area contributed by atoms with Crippen LogP contribution in [0.2, 0.25) is 0 Å². The number of hydrogen-bond acceptors (Lipinski definition) is 1. The van der Waals surface area contributed by atoms with Crippen molar-refractivity contribution in [1.82, 2.24) is 0 Å². The zero-order valence-corrected chi connectivity index (χ0v) is 7.40. The first-order valence-electron chi connectivity index (χ1n) is 4.55. The van der Waals surface area contributed by atoms with Crippen molar-refractivity contribution in [3.63, 3.8) is 0 Å². The van der Waals surface area contributed by atoms with Gasteiger partial charge in [0, 0.05) is 0 Å². The van der Waals surface area contributed by atoms with Crippen LogP contribution in [-0.4, -0.2) is 6.54 Å². The van der Waals surface area contributed by atoms with Crippen LogP contribution in [0.3, 0.4) is 0 Å². The Bertz CT molecular complexity index is 61.7. The summed E-state index contributed by atoms with van der Waals surface area (Å²) in [5.74, 6) is 0.893. The van der Waals surface area contributed by atoms with Crippen LogP contribution in [0, 0.1) is 5.92 Å². The average molecular weight is 143 g/mol. The highest BCUT2D eigenvalue weighted by atomic mass is 14.5. The SMILES string of the molecule is CCCC[C@@H](CC)CCN. The van der Waals surface area contributed by atoms with Crippen LogP contribution in [-0.2, 0) is 0 Å². The Morgan fingerprint density at radius 1 is 1.20 bits per heavy atom. The van der Waals surface area contributed by atoms with E-state index in [1.54, 1.807) is 0 Å². The molecule has 10 heavy (non-hydrogen) atoms. The fourth-order valence-corrected chi connectivity index (χ4v) is 1.28. The van der Waals surface area contributed by atoms with Crippen LogP contribution in [0.25, 0.3) is 0 Å². The van der Waals surface area contributed by atoms with Gasteiger partial charge in [-0.15, -0.1) is 0 Å². The van der Waals surface area contributed by atoms with Gasteiger partial charge in [-0.1, -0.05) is 39.5 Å². The van der Waals surface area contributed by atoms with Gasteiger partial charge in [0.1, 0.15) is 0 Å². The summed E-state index contributed by atoms with van der Waals surface area (Å²) in [6.07, 6.45) is 6.59. The van der Waals surface area contributed by atoms with E-state index < -0.39 is 0 Å². The van der Waals surface area contributed by atoms with Crippen LogP contribution in [0.1, 0.15) is 46.0 Å². The van der Waals surface area contributed by atoms with E-state index >= 15 is 0 Å². The van der Waals surface area contributed by atoms with Crippen molar-refractivity contribution in [2.24, 2.45) is 11.7 Å². The van der Waals surface area contributed by atoms with Gasteiger partial charge in [0.2, 0.25) is 0 Å². The highest BCUT2D eigenvalue weighted by molar-refractivity contribution is 4.57. The van der Waals surface area contributed by atoms with Gasteiger partial charge < -0.3 is 5.73 Å².